The van der Waals surface area contributed by atoms with Crippen LogP contribution in [0.2, 0.25) is 5.02 Å². The van der Waals surface area contributed by atoms with E-state index in [1.54, 1.807) is 19.1 Å². The molecule has 0 saturated carbocycles. The van der Waals surface area contributed by atoms with Gasteiger partial charge >= 0.3 is 0 Å². The fourth-order valence-electron chi connectivity index (χ4n) is 2.09. The molecule has 1 aromatic carbocycles. The van der Waals surface area contributed by atoms with Gasteiger partial charge in [0.1, 0.15) is 6.61 Å². The second-order valence-electron chi connectivity index (χ2n) is 5.62. The van der Waals surface area contributed by atoms with Crippen molar-refractivity contribution in [2.24, 2.45) is 7.05 Å². The topological polar surface area (TPSA) is 105 Å². The number of nitrogens with zero attached hydrogens (tertiary/aromatic N) is 2. The molecule has 0 radical (unpaired) electrons. The van der Waals surface area contributed by atoms with Gasteiger partial charge < -0.3 is 10.4 Å². The minimum Gasteiger partial charge on any atom is -0.391 e. The van der Waals surface area contributed by atoms with Gasteiger partial charge in [0.2, 0.25) is 0 Å². The molecule has 0 bridgehead atoms. The molecule has 0 aliphatic carbocycles. The Hall–Kier alpha value is -1.69. The highest BCUT2D eigenvalue weighted by Gasteiger charge is 2.20. The number of aromatic nitrogens is 2. The summed E-state index contributed by atoms with van der Waals surface area (Å²) in [5, 5.41) is 16.7. The number of amides is 1. The van der Waals surface area contributed by atoms with Crippen LogP contribution in [0.4, 0.5) is 11.4 Å². The first-order chi connectivity index (χ1) is 12.2. The van der Waals surface area contributed by atoms with E-state index < -0.39 is 12.0 Å². The Morgan fingerprint density at radius 3 is 2.81 bits per heavy atom. The van der Waals surface area contributed by atoms with Crippen molar-refractivity contribution < 1.29 is 14.7 Å². The first-order valence-corrected chi connectivity index (χ1v) is 9.06. The standard InChI is InChI=1S/C16H18ClIN4O4/c1-8(23)7-26-21-15(24)14-13(9(2)16(25)22(3)20-14)19-12-5-4-10(18)6-11(12)17/h4-6,8,19,23H,7H2,1-3H3,(H,21,24)/t8-/m0/s1. The van der Waals surface area contributed by atoms with Gasteiger partial charge in [-0.2, -0.15) is 5.10 Å². The van der Waals surface area contributed by atoms with Gasteiger partial charge in [0, 0.05) is 16.2 Å². The van der Waals surface area contributed by atoms with Crippen molar-refractivity contribution in [3.63, 3.8) is 0 Å². The Bertz CT molecular complexity index is 885. The first kappa shape index (κ1) is 20.6. The number of aliphatic hydroxyl groups excluding tert-OH is 1. The number of carbonyl (C=O) groups excluding carboxylic acids is 1. The van der Waals surface area contributed by atoms with E-state index in [4.69, 9.17) is 16.4 Å². The predicted molar refractivity (Wildman–Crippen MR) is 107 cm³/mol. The summed E-state index contributed by atoms with van der Waals surface area (Å²) in [5.41, 5.74) is 2.88. The number of carbonyl (C=O) groups is 1. The largest absolute Gasteiger partial charge is 0.391 e. The molecule has 0 aliphatic heterocycles. The fourth-order valence-corrected chi connectivity index (χ4v) is 2.99. The number of aryl methyl sites for hydroxylation is 1. The van der Waals surface area contributed by atoms with Crippen molar-refractivity contribution >= 4 is 51.5 Å². The highest BCUT2D eigenvalue weighted by molar-refractivity contribution is 14.1. The molecule has 1 amide bonds. The molecule has 10 heteroatoms. The van der Waals surface area contributed by atoms with E-state index in [0.29, 0.717) is 16.3 Å². The van der Waals surface area contributed by atoms with Crippen LogP contribution < -0.4 is 16.4 Å². The van der Waals surface area contributed by atoms with E-state index in [-0.39, 0.29) is 23.5 Å². The molecule has 0 aliphatic rings. The molecule has 1 aromatic heterocycles. The summed E-state index contributed by atoms with van der Waals surface area (Å²) in [4.78, 5) is 29.6. The summed E-state index contributed by atoms with van der Waals surface area (Å²) in [6.45, 7) is 3.02. The van der Waals surface area contributed by atoms with Crippen molar-refractivity contribution in [2.45, 2.75) is 20.0 Å². The maximum absolute atomic E-state index is 12.4. The van der Waals surface area contributed by atoms with Gasteiger partial charge in [-0.1, -0.05) is 11.6 Å². The zero-order valence-electron chi connectivity index (χ0n) is 14.3. The SMILES string of the molecule is Cc1c(Nc2ccc(I)cc2Cl)c(C(=O)NOC[C@H](C)O)nn(C)c1=O. The quantitative estimate of drug-likeness (QED) is 0.421. The smallest absolute Gasteiger partial charge is 0.297 e. The summed E-state index contributed by atoms with van der Waals surface area (Å²) in [6.07, 6.45) is -0.742. The van der Waals surface area contributed by atoms with Gasteiger partial charge in [0.15, 0.2) is 5.69 Å². The van der Waals surface area contributed by atoms with Crippen molar-refractivity contribution in [3.8, 4) is 0 Å². The normalized spacial score (nSPS) is 11.9. The highest BCUT2D eigenvalue weighted by Crippen LogP contribution is 2.29. The molecule has 8 nitrogen and oxygen atoms in total. The highest BCUT2D eigenvalue weighted by atomic mass is 127. The van der Waals surface area contributed by atoms with Crippen LogP contribution in [0.1, 0.15) is 23.0 Å². The zero-order valence-corrected chi connectivity index (χ0v) is 17.3. The van der Waals surface area contributed by atoms with Crippen LogP contribution in [-0.2, 0) is 11.9 Å². The Balaban J connectivity index is 2.41. The molecule has 0 spiro atoms. The maximum atomic E-state index is 12.4. The van der Waals surface area contributed by atoms with E-state index in [0.717, 1.165) is 8.25 Å². The molecule has 140 valence electrons. The molecule has 0 unspecified atom stereocenters. The minimum absolute atomic E-state index is 0.0372. The summed E-state index contributed by atoms with van der Waals surface area (Å²) >= 11 is 8.36. The number of halogens is 2. The number of rotatable bonds is 6. The molecule has 0 fully saturated rings. The molecule has 0 saturated heterocycles. The van der Waals surface area contributed by atoms with Crippen molar-refractivity contribution in [1.82, 2.24) is 15.3 Å². The van der Waals surface area contributed by atoms with Crippen LogP contribution in [0.5, 0.6) is 0 Å². The van der Waals surface area contributed by atoms with Gasteiger partial charge in [-0.15, -0.1) is 0 Å². The van der Waals surface area contributed by atoms with E-state index in [9.17, 15) is 14.7 Å². The van der Waals surface area contributed by atoms with Crippen LogP contribution in [0.25, 0.3) is 0 Å². The first-order valence-electron chi connectivity index (χ1n) is 7.61. The number of hydrogen-bond donors (Lipinski definition) is 3. The number of nitrogens with one attached hydrogen (secondary N) is 2. The Kier molecular flexibility index (Phi) is 6.98. The van der Waals surface area contributed by atoms with Gasteiger partial charge in [0.25, 0.3) is 11.5 Å². The van der Waals surface area contributed by atoms with Crippen molar-refractivity contribution in [2.75, 3.05) is 11.9 Å². The number of hydroxylamine groups is 1. The zero-order chi connectivity index (χ0) is 19.4. The van der Waals surface area contributed by atoms with Crippen molar-refractivity contribution in [3.05, 3.63) is 48.4 Å². The van der Waals surface area contributed by atoms with E-state index in [1.165, 1.54) is 14.0 Å². The second kappa shape index (κ2) is 8.80. The van der Waals surface area contributed by atoms with E-state index in [2.05, 4.69) is 38.5 Å². The number of anilines is 2. The Morgan fingerprint density at radius 1 is 1.50 bits per heavy atom. The van der Waals surface area contributed by atoms with E-state index >= 15 is 0 Å². The average Bonchev–Trinajstić information content (AvgIpc) is 2.56. The summed E-state index contributed by atoms with van der Waals surface area (Å²) < 4.78 is 2.01. The van der Waals surface area contributed by atoms with Crippen LogP contribution in [0, 0.1) is 10.5 Å². The Labute approximate surface area is 168 Å². The molecule has 1 heterocycles. The number of hydrogen-bond acceptors (Lipinski definition) is 6. The van der Waals surface area contributed by atoms with Crippen LogP contribution in [-0.4, -0.2) is 33.5 Å². The monoisotopic (exact) mass is 492 g/mol. The second-order valence-corrected chi connectivity index (χ2v) is 7.27. The third-order valence-corrected chi connectivity index (χ3v) is 4.36. The molecule has 2 aromatic rings. The third kappa shape index (κ3) is 4.93. The molecule has 2 rings (SSSR count). The lowest BCUT2D eigenvalue weighted by molar-refractivity contribution is -0.00717. The number of benzene rings is 1. The van der Waals surface area contributed by atoms with Gasteiger partial charge in [-0.3, -0.25) is 14.4 Å². The molecule has 3 N–H and O–H groups in total. The van der Waals surface area contributed by atoms with Gasteiger partial charge in [-0.05, 0) is 54.6 Å². The van der Waals surface area contributed by atoms with Crippen LogP contribution >= 0.6 is 34.2 Å². The lowest BCUT2D eigenvalue weighted by Crippen LogP contribution is -2.33. The molecular formula is C16H18ClIN4O4. The minimum atomic E-state index is -0.742. The number of aliphatic hydroxyl groups is 1. The van der Waals surface area contributed by atoms with Crippen LogP contribution in [0.3, 0.4) is 0 Å². The molecule has 1 atom stereocenters. The van der Waals surface area contributed by atoms with E-state index in [1.807, 2.05) is 6.07 Å². The lowest BCUT2D eigenvalue weighted by Gasteiger charge is -2.16. The predicted octanol–water partition coefficient (Wildman–Crippen LogP) is 2.13. The summed E-state index contributed by atoms with van der Waals surface area (Å²) in [7, 11) is 1.45. The fraction of sp³-hybridized carbons (Fsp3) is 0.312. The van der Waals surface area contributed by atoms with Crippen molar-refractivity contribution in [1.29, 1.82) is 0 Å². The maximum Gasteiger partial charge on any atom is 0.297 e. The molecular weight excluding hydrogens is 475 g/mol. The summed E-state index contributed by atoms with van der Waals surface area (Å²) in [5.74, 6) is -0.659. The van der Waals surface area contributed by atoms with Gasteiger partial charge in [-0.25, -0.2) is 10.2 Å². The Morgan fingerprint density at radius 2 is 2.19 bits per heavy atom. The third-order valence-electron chi connectivity index (χ3n) is 3.37. The lowest BCUT2D eigenvalue weighted by atomic mass is 10.2. The average molecular weight is 493 g/mol. The summed E-state index contributed by atoms with van der Waals surface area (Å²) in [6, 6.07) is 5.33. The van der Waals surface area contributed by atoms with Crippen LogP contribution in [0.15, 0.2) is 23.0 Å². The molecule has 26 heavy (non-hydrogen) atoms. The van der Waals surface area contributed by atoms with Gasteiger partial charge in [0.05, 0.1) is 22.5 Å².